The van der Waals surface area contributed by atoms with E-state index < -0.39 is 4.92 Å². The maximum absolute atomic E-state index is 12.1. The van der Waals surface area contributed by atoms with Gasteiger partial charge in [0.05, 0.1) is 9.95 Å². The van der Waals surface area contributed by atoms with Crippen molar-refractivity contribution in [3.8, 4) is 5.75 Å². The molecule has 0 aliphatic carbocycles. The summed E-state index contributed by atoms with van der Waals surface area (Å²) < 4.78 is 5.53. The molecule has 0 aliphatic rings. The summed E-state index contributed by atoms with van der Waals surface area (Å²) in [6, 6.07) is 18.9. The molecule has 0 radical (unpaired) electrons. The topological polar surface area (TPSA) is 93.5 Å². The lowest BCUT2D eigenvalue weighted by molar-refractivity contribution is -0.384. The maximum atomic E-state index is 12.1. The number of amides is 1. The molecule has 0 saturated heterocycles. The molecule has 1 amide bonds. The summed E-state index contributed by atoms with van der Waals surface area (Å²) in [4.78, 5) is 22.3. The predicted molar refractivity (Wildman–Crippen MR) is 117 cm³/mol. The van der Waals surface area contributed by atoms with Crippen LogP contribution in [0.4, 0.5) is 17.1 Å². The van der Waals surface area contributed by atoms with Gasteiger partial charge in [0.2, 0.25) is 0 Å². The van der Waals surface area contributed by atoms with Crippen molar-refractivity contribution < 1.29 is 14.5 Å². The van der Waals surface area contributed by atoms with Gasteiger partial charge in [-0.2, -0.15) is 0 Å². The molecule has 0 heterocycles. The lowest BCUT2D eigenvalue weighted by atomic mass is 10.2. The van der Waals surface area contributed by atoms with Gasteiger partial charge in [0.25, 0.3) is 11.6 Å². The summed E-state index contributed by atoms with van der Waals surface area (Å²) in [6.07, 6.45) is 0. The standard InChI is InChI=1S/C22H20ClN3O4/c1-15-3-2-4-18(11-15)25-22(27)14-30-21-10-5-16(12-20(21)23)13-24-17-6-8-19(9-7-17)26(28)29/h2-12,24H,13-14H2,1H3,(H,25,27). The molecular weight excluding hydrogens is 406 g/mol. The van der Waals surface area contributed by atoms with Crippen molar-refractivity contribution in [3.63, 3.8) is 0 Å². The van der Waals surface area contributed by atoms with E-state index in [1.165, 1.54) is 12.1 Å². The SMILES string of the molecule is Cc1cccc(NC(=O)COc2ccc(CNc3ccc([N+](=O)[O-])cc3)cc2Cl)c1. The van der Waals surface area contributed by atoms with Gasteiger partial charge in [-0.3, -0.25) is 14.9 Å². The van der Waals surface area contributed by atoms with Crippen molar-refractivity contribution >= 4 is 34.6 Å². The Kier molecular flexibility index (Phi) is 6.87. The second-order valence-electron chi connectivity index (χ2n) is 6.63. The highest BCUT2D eigenvalue weighted by molar-refractivity contribution is 6.32. The molecule has 0 saturated carbocycles. The van der Waals surface area contributed by atoms with E-state index in [1.54, 1.807) is 24.3 Å². The molecule has 7 nitrogen and oxygen atoms in total. The van der Waals surface area contributed by atoms with Crippen LogP contribution in [0.15, 0.2) is 66.7 Å². The molecule has 3 rings (SSSR count). The molecule has 154 valence electrons. The van der Waals surface area contributed by atoms with Gasteiger partial charge in [0.15, 0.2) is 6.61 Å². The number of nitrogens with one attached hydrogen (secondary N) is 2. The summed E-state index contributed by atoms with van der Waals surface area (Å²) in [5, 5.41) is 17.0. The number of rotatable bonds is 8. The summed E-state index contributed by atoms with van der Waals surface area (Å²) >= 11 is 6.27. The molecule has 0 spiro atoms. The van der Waals surface area contributed by atoms with Crippen LogP contribution in [0.5, 0.6) is 5.75 Å². The number of benzene rings is 3. The molecule has 0 aromatic heterocycles. The van der Waals surface area contributed by atoms with Gasteiger partial charge in [-0.1, -0.05) is 29.8 Å². The number of non-ortho nitro benzene ring substituents is 1. The number of hydrogen-bond acceptors (Lipinski definition) is 5. The molecule has 30 heavy (non-hydrogen) atoms. The van der Waals surface area contributed by atoms with E-state index in [-0.39, 0.29) is 18.2 Å². The molecule has 2 N–H and O–H groups in total. The zero-order chi connectivity index (χ0) is 21.5. The lowest BCUT2D eigenvalue weighted by Gasteiger charge is -2.11. The first-order valence-electron chi connectivity index (χ1n) is 9.17. The molecule has 0 aliphatic heterocycles. The number of halogens is 1. The first kappa shape index (κ1) is 21.1. The second kappa shape index (κ2) is 9.76. The zero-order valence-corrected chi connectivity index (χ0v) is 17.0. The highest BCUT2D eigenvalue weighted by Crippen LogP contribution is 2.26. The number of nitro groups is 1. The monoisotopic (exact) mass is 425 g/mol. The van der Waals surface area contributed by atoms with Crippen LogP contribution in [0.1, 0.15) is 11.1 Å². The normalized spacial score (nSPS) is 10.3. The Morgan fingerprint density at radius 1 is 1.07 bits per heavy atom. The molecule has 0 atom stereocenters. The molecule has 0 bridgehead atoms. The third-order valence-corrected chi connectivity index (χ3v) is 4.53. The van der Waals surface area contributed by atoms with E-state index in [9.17, 15) is 14.9 Å². The van der Waals surface area contributed by atoms with Gasteiger partial charge in [-0.15, -0.1) is 0 Å². The van der Waals surface area contributed by atoms with Crippen molar-refractivity contribution in [2.24, 2.45) is 0 Å². The van der Waals surface area contributed by atoms with Crippen molar-refractivity contribution in [2.75, 3.05) is 17.2 Å². The zero-order valence-electron chi connectivity index (χ0n) is 16.2. The average molecular weight is 426 g/mol. The van der Waals surface area contributed by atoms with Crippen LogP contribution >= 0.6 is 11.6 Å². The minimum Gasteiger partial charge on any atom is -0.482 e. The van der Waals surface area contributed by atoms with Crippen LogP contribution in [0.3, 0.4) is 0 Å². The number of nitro benzene ring substituents is 1. The average Bonchev–Trinajstić information content (AvgIpc) is 2.72. The molecule has 0 fully saturated rings. The van der Waals surface area contributed by atoms with Crippen LogP contribution in [-0.2, 0) is 11.3 Å². The predicted octanol–water partition coefficient (Wildman–Crippen LogP) is 5.19. The van der Waals surface area contributed by atoms with Crippen molar-refractivity contribution in [1.82, 2.24) is 0 Å². The van der Waals surface area contributed by atoms with Gasteiger partial charge in [-0.05, 0) is 54.4 Å². The first-order chi connectivity index (χ1) is 14.4. The number of hydrogen-bond donors (Lipinski definition) is 2. The van der Waals surface area contributed by atoms with Crippen molar-refractivity contribution in [2.45, 2.75) is 13.5 Å². The van der Waals surface area contributed by atoms with E-state index in [2.05, 4.69) is 10.6 Å². The Morgan fingerprint density at radius 2 is 1.83 bits per heavy atom. The number of carbonyl (C=O) groups excluding carboxylic acids is 1. The third kappa shape index (κ3) is 5.96. The van der Waals surface area contributed by atoms with Gasteiger partial charge in [0, 0.05) is 30.1 Å². The molecular formula is C22H20ClN3O4. The minimum atomic E-state index is -0.441. The van der Waals surface area contributed by atoms with Crippen LogP contribution in [0.25, 0.3) is 0 Å². The molecule has 0 unspecified atom stereocenters. The number of anilines is 2. The summed E-state index contributed by atoms with van der Waals surface area (Å²) in [5.41, 5.74) is 3.45. The van der Waals surface area contributed by atoms with E-state index in [1.807, 2.05) is 37.3 Å². The van der Waals surface area contributed by atoms with Crippen LogP contribution in [0, 0.1) is 17.0 Å². The fourth-order valence-electron chi connectivity index (χ4n) is 2.74. The maximum Gasteiger partial charge on any atom is 0.269 e. The Morgan fingerprint density at radius 3 is 2.50 bits per heavy atom. The fourth-order valence-corrected chi connectivity index (χ4v) is 3.00. The highest BCUT2D eigenvalue weighted by atomic mass is 35.5. The Labute approximate surface area is 178 Å². The highest BCUT2D eigenvalue weighted by Gasteiger charge is 2.08. The number of carbonyl (C=O) groups is 1. The fraction of sp³-hybridized carbons (Fsp3) is 0.136. The molecule has 3 aromatic carbocycles. The number of nitrogens with zero attached hydrogens (tertiary/aromatic N) is 1. The van der Waals surface area contributed by atoms with Crippen LogP contribution in [0.2, 0.25) is 5.02 Å². The quantitative estimate of drug-likeness (QED) is 0.383. The van der Waals surface area contributed by atoms with Gasteiger partial charge < -0.3 is 15.4 Å². The van der Waals surface area contributed by atoms with E-state index >= 15 is 0 Å². The second-order valence-corrected chi connectivity index (χ2v) is 7.04. The summed E-state index contributed by atoms with van der Waals surface area (Å²) in [5.74, 6) is 0.135. The van der Waals surface area contributed by atoms with Crippen molar-refractivity contribution in [3.05, 3.63) is 93.0 Å². The Balaban J connectivity index is 1.52. The molecule has 8 heteroatoms. The Bertz CT molecular complexity index is 1050. The van der Waals surface area contributed by atoms with Gasteiger partial charge in [-0.25, -0.2) is 0 Å². The van der Waals surface area contributed by atoms with E-state index in [0.717, 1.165) is 16.8 Å². The summed E-state index contributed by atoms with van der Waals surface area (Å²) in [6.45, 7) is 2.27. The largest absolute Gasteiger partial charge is 0.482 e. The van der Waals surface area contributed by atoms with Gasteiger partial charge >= 0.3 is 0 Å². The molecule has 3 aromatic rings. The van der Waals surface area contributed by atoms with Gasteiger partial charge in [0.1, 0.15) is 5.75 Å². The van der Waals surface area contributed by atoms with Crippen molar-refractivity contribution in [1.29, 1.82) is 0 Å². The number of ether oxygens (including phenoxy) is 1. The van der Waals surface area contributed by atoms with E-state index in [0.29, 0.717) is 23.0 Å². The Hall–Kier alpha value is -3.58. The smallest absolute Gasteiger partial charge is 0.269 e. The van der Waals surface area contributed by atoms with E-state index in [4.69, 9.17) is 16.3 Å². The minimum absolute atomic E-state index is 0.0385. The van der Waals surface area contributed by atoms with Crippen LogP contribution < -0.4 is 15.4 Å². The first-order valence-corrected chi connectivity index (χ1v) is 9.54. The number of aryl methyl sites for hydroxylation is 1. The lowest BCUT2D eigenvalue weighted by Crippen LogP contribution is -2.20. The van der Waals surface area contributed by atoms with Crippen LogP contribution in [-0.4, -0.2) is 17.4 Å². The summed E-state index contributed by atoms with van der Waals surface area (Å²) in [7, 11) is 0. The third-order valence-electron chi connectivity index (χ3n) is 4.23.